The van der Waals surface area contributed by atoms with Gasteiger partial charge in [-0.15, -0.1) is 0 Å². The Morgan fingerprint density at radius 2 is 2.16 bits per heavy atom. The molecule has 1 heterocycles. The first-order valence-electron chi connectivity index (χ1n) is 5.42. The minimum Gasteiger partial charge on any atom is -0.494 e. The Balaban J connectivity index is 2.75. The highest BCUT2D eigenvalue weighted by atomic mass is 35.5. The maximum absolute atomic E-state index is 11.5. The second-order valence-electron chi connectivity index (χ2n) is 3.84. The summed E-state index contributed by atoms with van der Waals surface area (Å²) in [5, 5.41) is 13.4. The fraction of sp³-hybridized carbons (Fsp3) is 0.154. The van der Waals surface area contributed by atoms with Crippen LogP contribution in [0.2, 0.25) is 5.02 Å². The molecule has 0 aliphatic rings. The third kappa shape index (κ3) is 2.44. The van der Waals surface area contributed by atoms with Gasteiger partial charge < -0.3 is 4.74 Å². The number of nitrogens with zero attached hydrogens (tertiary/aromatic N) is 3. The predicted molar refractivity (Wildman–Crippen MR) is 70.8 cm³/mol. The summed E-state index contributed by atoms with van der Waals surface area (Å²) < 4.78 is 6.70. The fourth-order valence-electron chi connectivity index (χ4n) is 1.70. The van der Waals surface area contributed by atoms with Gasteiger partial charge in [0.25, 0.3) is 0 Å². The molecule has 0 amide bonds. The van der Waals surface area contributed by atoms with E-state index < -0.39 is 5.43 Å². The molecule has 1 aromatic heterocycles. The molecule has 5 nitrogen and oxygen atoms in total. The van der Waals surface area contributed by atoms with Crippen LogP contribution in [0.15, 0.2) is 29.1 Å². The van der Waals surface area contributed by atoms with Crippen molar-refractivity contribution in [1.29, 1.82) is 5.26 Å². The minimum absolute atomic E-state index is 0.173. The summed E-state index contributed by atoms with van der Waals surface area (Å²) in [7, 11) is 1.52. The Bertz CT molecular complexity index is 732. The molecule has 0 saturated heterocycles. The largest absolute Gasteiger partial charge is 0.494 e. The van der Waals surface area contributed by atoms with Gasteiger partial charge in [-0.3, -0.25) is 4.79 Å². The Labute approximate surface area is 114 Å². The molecule has 0 spiro atoms. The second-order valence-corrected chi connectivity index (χ2v) is 4.27. The lowest BCUT2D eigenvalue weighted by atomic mass is 10.2. The highest BCUT2D eigenvalue weighted by Crippen LogP contribution is 2.26. The zero-order chi connectivity index (χ0) is 14.0. The van der Waals surface area contributed by atoms with Crippen LogP contribution in [0.25, 0.3) is 5.69 Å². The lowest BCUT2D eigenvalue weighted by Gasteiger charge is -2.13. The van der Waals surface area contributed by atoms with Gasteiger partial charge in [0.2, 0.25) is 11.1 Å². The number of halogens is 1. The summed E-state index contributed by atoms with van der Waals surface area (Å²) in [5.74, 6) is 0.549. The molecule has 0 N–H and O–H groups in total. The Morgan fingerprint density at radius 3 is 2.79 bits per heavy atom. The van der Waals surface area contributed by atoms with Gasteiger partial charge in [0.1, 0.15) is 17.5 Å². The van der Waals surface area contributed by atoms with Gasteiger partial charge in [0.05, 0.1) is 7.11 Å². The normalized spacial score (nSPS) is 10.0. The SMILES string of the molecule is COc1ccc(Cl)cc1-n1nc(C#N)c(=O)cc1C. The molecule has 6 heteroatoms. The van der Waals surface area contributed by atoms with Gasteiger partial charge in [-0.2, -0.15) is 10.4 Å². The van der Waals surface area contributed by atoms with Crippen molar-refractivity contribution in [1.82, 2.24) is 9.78 Å². The highest BCUT2D eigenvalue weighted by molar-refractivity contribution is 6.30. The van der Waals surface area contributed by atoms with Crippen molar-refractivity contribution < 1.29 is 4.74 Å². The molecule has 0 unspecified atom stereocenters. The van der Waals surface area contributed by atoms with E-state index in [1.54, 1.807) is 31.2 Å². The van der Waals surface area contributed by atoms with Crippen molar-refractivity contribution in [2.45, 2.75) is 6.92 Å². The molecule has 0 fully saturated rings. The van der Waals surface area contributed by atoms with E-state index in [1.165, 1.54) is 17.9 Å². The van der Waals surface area contributed by atoms with Crippen LogP contribution in [0.5, 0.6) is 5.75 Å². The van der Waals surface area contributed by atoms with Crippen molar-refractivity contribution in [2.24, 2.45) is 0 Å². The van der Waals surface area contributed by atoms with Crippen molar-refractivity contribution in [3.05, 3.63) is 50.9 Å². The Kier molecular flexibility index (Phi) is 3.54. The molecule has 0 saturated carbocycles. The molecular weight excluding hydrogens is 266 g/mol. The molecular formula is C13H10ClN3O2. The van der Waals surface area contributed by atoms with E-state index in [9.17, 15) is 4.79 Å². The summed E-state index contributed by atoms with van der Waals surface area (Å²) in [6.07, 6.45) is 0. The van der Waals surface area contributed by atoms with E-state index in [-0.39, 0.29) is 5.69 Å². The third-order valence-electron chi connectivity index (χ3n) is 2.58. The van der Waals surface area contributed by atoms with E-state index in [0.717, 1.165) is 0 Å². The number of hydrogen-bond acceptors (Lipinski definition) is 4. The summed E-state index contributed by atoms with van der Waals surface area (Å²) in [5.41, 5.74) is 0.582. The van der Waals surface area contributed by atoms with Crippen LogP contribution in [-0.4, -0.2) is 16.9 Å². The lowest BCUT2D eigenvalue weighted by Crippen LogP contribution is -2.17. The van der Waals surface area contributed by atoms with E-state index in [2.05, 4.69) is 5.10 Å². The van der Waals surface area contributed by atoms with E-state index in [1.807, 2.05) is 0 Å². The number of aromatic nitrogens is 2. The van der Waals surface area contributed by atoms with Crippen molar-refractivity contribution in [3.63, 3.8) is 0 Å². The molecule has 2 aromatic rings. The number of hydrogen-bond donors (Lipinski definition) is 0. The predicted octanol–water partition coefficient (Wildman–Crippen LogP) is 2.07. The first kappa shape index (κ1) is 13.1. The van der Waals surface area contributed by atoms with Crippen LogP contribution in [0.1, 0.15) is 11.4 Å². The zero-order valence-electron chi connectivity index (χ0n) is 10.3. The summed E-state index contributed by atoms with van der Waals surface area (Å²) in [4.78, 5) is 11.5. The molecule has 0 aliphatic heterocycles. The van der Waals surface area contributed by atoms with Crippen molar-refractivity contribution in [3.8, 4) is 17.5 Å². The summed E-state index contributed by atoms with van der Waals surface area (Å²) in [6.45, 7) is 1.72. The maximum atomic E-state index is 11.5. The Morgan fingerprint density at radius 1 is 1.42 bits per heavy atom. The standard InChI is InChI=1S/C13H10ClN3O2/c1-8-5-12(18)10(7-15)16-17(8)11-6-9(14)3-4-13(11)19-2/h3-6H,1-2H3. The van der Waals surface area contributed by atoms with E-state index in [0.29, 0.717) is 22.2 Å². The molecule has 0 aliphatic carbocycles. The monoisotopic (exact) mass is 275 g/mol. The van der Waals surface area contributed by atoms with Gasteiger partial charge in [0.15, 0.2) is 0 Å². The molecule has 0 radical (unpaired) electrons. The van der Waals surface area contributed by atoms with E-state index >= 15 is 0 Å². The van der Waals surface area contributed by atoms with Crippen LogP contribution in [-0.2, 0) is 0 Å². The van der Waals surface area contributed by atoms with Gasteiger partial charge in [-0.05, 0) is 25.1 Å². The number of methoxy groups -OCH3 is 1. The quantitative estimate of drug-likeness (QED) is 0.841. The lowest BCUT2D eigenvalue weighted by molar-refractivity contribution is 0.411. The highest BCUT2D eigenvalue weighted by Gasteiger charge is 2.11. The summed E-state index contributed by atoms with van der Waals surface area (Å²) in [6, 6.07) is 8.16. The average Bonchev–Trinajstić information content (AvgIpc) is 2.39. The first-order valence-corrected chi connectivity index (χ1v) is 5.79. The second kappa shape index (κ2) is 5.12. The number of rotatable bonds is 2. The first-order chi connectivity index (χ1) is 9.06. The number of benzene rings is 1. The van der Waals surface area contributed by atoms with Crippen LogP contribution in [0, 0.1) is 18.3 Å². The Hall–Kier alpha value is -2.32. The zero-order valence-corrected chi connectivity index (χ0v) is 11.1. The van der Waals surface area contributed by atoms with Gasteiger partial charge >= 0.3 is 0 Å². The molecule has 96 valence electrons. The third-order valence-corrected chi connectivity index (χ3v) is 2.82. The number of nitriles is 1. The van der Waals surface area contributed by atoms with Gasteiger partial charge in [-0.25, -0.2) is 4.68 Å². The molecule has 19 heavy (non-hydrogen) atoms. The molecule has 0 atom stereocenters. The van der Waals surface area contributed by atoms with Crippen LogP contribution in [0.4, 0.5) is 0 Å². The van der Waals surface area contributed by atoms with E-state index in [4.69, 9.17) is 21.6 Å². The molecule has 0 bridgehead atoms. The molecule has 1 aromatic carbocycles. The smallest absolute Gasteiger partial charge is 0.218 e. The maximum Gasteiger partial charge on any atom is 0.218 e. The fourth-order valence-corrected chi connectivity index (χ4v) is 1.86. The average molecular weight is 276 g/mol. The topological polar surface area (TPSA) is 67.9 Å². The van der Waals surface area contributed by atoms with Crippen LogP contribution >= 0.6 is 11.6 Å². The van der Waals surface area contributed by atoms with Crippen molar-refractivity contribution in [2.75, 3.05) is 7.11 Å². The number of aryl methyl sites for hydroxylation is 1. The van der Waals surface area contributed by atoms with Crippen molar-refractivity contribution >= 4 is 11.6 Å². The number of ether oxygens (including phenoxy) is 1. The van der Waals surface area contributed by atoms with Crippen LogP contribution < -0.4 is 10.2 Å². The van der Waals surface area contributed by atoms with Crippen LogP contribution in [0.3, 0.4) is 0 Å². The minimum atomic E-state index is -0.405. The molecule has 2 rings (SSSR count). The van der Waals surface area contributed by atoms with Gasteiger partial charge in [0, 0.05) is 16.8 Å². The summed E-state index contributed by atoms with van der Waals surface area (Å²) >= 11 is 5.96. The van der Waals surface area contributed by atoms with Gasteiger partial charge in [-0.1, -0.05) is 11.6 Å².